The molecule has 1 aliphatic rings. The number of nitrogens with zero attached hydrogens (tertiary/aromatic N) is 3. The summed E-state index contributed by atoms with van der Waals surface area (Å²) in [5.74, 6) is 1.44. The van der Waals surface area contributed by atoms with Crippen LogP contribution in [0.4, 0.5) is 5.82 Å². The zero-order chi connectivity index (χ0) is 16.6. The monoisotopic (exact) mass is 333 g/mol. The second kappa shape index (κ2) is 6.32. The van der Waals surface area contributed by atoms with Crippen molar-refractivity contribution in [3.05, 3.63) is 29.2 Å². The van der Waals surface area contributed by atoms with Gasteiger partial charge in [0.1, 0.15) is 11.0 Å². The van der Waals surface area contributed by atoms with Gasteiger partial charge in [-0.25, -0.2) is 9.97 Å². The lowest BCUT2D eigenvalue weighted by Gasteiger charge is -2.40. The van der Waals surface area contributed by atoms with Crippen molar-refractivity contribution in [1.82, 2.24) is 9.97 Å². The third kappa shape index (κ3) is 3.11. The Morgan fingerprint density at radius 1 is 1.35 bits per heavy atom. The molecule has 3 rings (SSSR count). The van der Waals surface area contributed by atoms with Gasteiger partial charge >= 0.3 is 5.97 Å². The first-order chi connectivity index (χ1) is 11.0. The first-order valence-electron chi connectivity index (χ1n) is 7.75. The van der Waals surface area contributed by atoms with Crippen molar-refractivity contribution in [3.63, 3.8) is 0 Å². The van der Waals surface area contributed by atoms with E-state index >= 15 is 0 Å². The molecule has 0 saturated carbocycles. The second-order valence-electron chi connectivity index (χ2n) is 6.30. The molecule has 0 spiro atoms. The van der Waals surface area contributed by atoms with E-state index in [2.05, 4.69) is 28.7 Å². The zero-order valence-corrected chi connectivity index (χ0v) is 14.3. The predicted molar refractivity (Wildman–Crippen MR) is 91.0 cm³/mol. The molecule has 2 aromatic rings. The van der Waals surface area contributed by atoms with Gasteiger partial charge in [0.25, 0.3) is 0 Å². The lowest BCUT2D eigenvalue weighted by molar-refractivity contribution is -0.141. The fourth-order valence-corrected chi connectivity index (χ4v) is 3.18. The summed E-state index contributed by atoms with van der Waals surface area (Å²) in [6, 6.07) is 1.91. The number of anilines is 1. The highest BCUT2D eigenvalue weighted by Gasteiger charge is 2.31. The van der Waals surface area contributed by atoms with Gasteiger partial charge in [-0.3, -0.25) is 4.79 Å². The molecule has 5 nitrogen and oxygen atoms in total. The molecule has 0 aromatic carbocycles. The van der Waals surface area contributed by atoms with Crippen LogP contribution in [-0.4, -0.2) is 36.1 Å². The predicted octanol–water partition coefficient (Wildman–Crippen LogP) is 3.41. The van der Waals surface area contributed by atoms with Crippen LogP contribution in [0.5, 0.6) is 0 Å². The van der Waals surface area contributed by atoms with Crippen molar-refractivity contribution in [2.45, 2.75) is 26.2 Å². The second-order valence-corrected chi connectivity index (χ2v) is 6.68. The van der Waals surface area contributed by atoms with Crippen molar-refractivity contribution >= 4 is 34.2 Å². The fourth-order valence-electron chi connectivity index (χ4n) is 3.02. The first kappa shape index (κ1) is 16.0. The van der Waals surface area contributed by atoms with E-state index in [0.717, 1.165) is 29.7 Å². The van der Waals surface area contributed by atoms with E-state index in [0.29, 0.717) is 23.4 Å². The molecule has 0 amide bonds. The highest BCUT2D eigenvalue weighted by Crippen LogP contribution is 2.35. The Labute approximate surface area is 140 Å². The van der Waals surface area contributed by atoms with Crippen LogP contribution < -0.4 is 4.90 Å². The Morgan fingerprint density at radius 2 is 2.09 bits per heavy atom. The average Bonchev–Trinajstić information content (AvgIpc) is 2.48. The van der Waals surface area contributed by atoms with Crippen LogP contribution in [0.2, 0.25) is 5.15 Å². The molecule has 0 aliphatic carbocycles. The number of pyridine rings is 2. The van der Waals surface area contributed by atoms with Crippen LogP contribution in [0.25, 0.3) is 10.8 Å². The van der Waals surface area contributed by atoms with E-state index in [1.807, 2.05) is 12.3 Å². The molecule has 23 heavy (non-hydrogen) atoms. The van der Waals surface area contributed by atoms with Gasteiger partial charge in [0.2, 0.25) is 0 Å². The standard InChI is InChI=1S/C17H20ClN3O2/c1-10(2)13-6-20-17(14-7-19-15(18)5-12(13)14)21-8-11(9-21)4-16(22)23-3/h5-7,10-11H,4,8-9H2,1-3H3. The van der Waals surface area contributed by atoms with Gasteiger partial charge in [-0.2, -0.15) is 0 Å². The number of carbonyl (C=O) groups is 1. The average molecular weight is 334 g/mol. The minimum atomic E-state index is -0.156. The summed E-state index contributed by atoms with van der Waals surface area (Å²) in [4.78, 5) is 22.4. The SMILES string of the molecule is COC(=O)CC1CN(c2ncc(C(C)C)c3cc(Cl)ncc23)C1. The number of esters is 1. The summed E-state index contributed by atoms with van der Waals surface area (Å²) in [5.41, 5.74) is 1.17. The number of ether oxygens (including phenoxy) is 1. The number of fused-ring (bicyclic) bond motifs is 1. The molecule has 1 aliphatic heterocycles. The van der Waals surface area contributed by atoms with Crippen molar-refractivity contribution in [2.24, 2.45) is 5.92 Å². The topological polar surface area (TPSA) is 55.3 Å². The molecule has 0 atom stereocenters. The van der Waals surface area contributed by atoms with Crippen LogP contribution in [-0.2, 0) is 9.53 Å². The summed E-state index contributed by atoms with van der Waals surface area (Å²) in [7, 11) is 1.42. The number of halogens is 1. The highest BCUT2D eigenvalue weighted by atomic mass is 35.5. The van der Waals surface area contributed by atoms with E-state index < -0.39 is 0 Å². The van der Waals surface area contributed by atoms with Crippen molar-refractivity contribution in [3.8, 4) is 0 Å². The fraction of sp³-hybridized carbons (Fsp3) is 0.471. The third-order valence-electron chi connectivity index (χ3n) is 4.31. The van der Waals surface area contributed by atoms with E-state index in [-0.39, 0.29) is 5.97 Å². The van der Waals surface area contributed by atoms with Crippen LogP contribution in [0.1, 0.15) is 31.7 Å². The summed E-state index contributed by atoms with van der Waals surface area (Å²) in [5, 5.41) is 2.60. The van der Waals surface area contributed by atoms with Gasteiger partial charge in [-0.1, -0.05) is 25.4 Å². The number of hydrogen-bond donors (Lipinski definition) is 0. The minimum absolute atomic E-state index is 0.156. The molecule has 3 heterocycles. The largest absolute Gasteiger partial charge is 0.469 e. The zero-order valence-electron chi connectivity index (χ0n) is 13.5. The van der Waals surface area contributed by atoms with Crippen molar-refractivity contribution < 1.29 is 9.53 Å². The number of hydrogen-bond acceptors (Lipinski definition) is 5. The van der Waals surface area contributed by atoms with Crippen LogP contribution in [0, 0.1) is 5.92 Å². The number of methoxy groups -OCH3 is 1. The Morgan fingerprint density at radius 3 is 2.74 bits per heavy atom. The molecular weight excluding hydrogens is 314 g/mol. The summed E-state index contributed by atoms with van der Waals surface area (Å²) < 4.78 is 4.73. The van der Waals surface area contributed by atoms with E-state index in [4.69, 9.17) is 16.3 Å². The quantitative estimate of drug-likeness (QED) is 0.634. The molecule has 1 saturated heterocycles. The molecule has 0 unspecified atom stereocenters. The summed E-state index contributed by atoms with van der Waals surface area (Å²) in [6.45, 7) is 5.89. The Bertz CT molecular complexity index is 742. The Balaban J connectivity index is 1.89. The van der Waals surface area contributed by atoms with Crippen molar-refractivity contribution in [2.75, 3.05) is 25.1 Å². The van der Waals surface area contributed by atoms with Gasteiger partial charge in [0.15, 0.2) is 0 Å². The molecule has 0 bridgehead atoms. The lowest BCUT2D eigenvalue weighted by atomic mass is 9.94. The maximum absolute atomic E-state index is 11.3. The van der Waals surface area contributed by atoms with Gasteiger partial charge in [-0.05, 0) is 22.9 Å². The molecular formula is C17H20ClN3O2. The molecule has 0 N–H and O–H groups in total. The molecule has 6 heteroatoms. The molecule has 1 fully saturated rings. The normalized spacial score (nSPS) is 15.1. The first-order valence-corrected chi connectivity index (χ1v) is 8.13. The van der Waals surface area contributed by atoms with Gasteiger partial charge in [0.05, 0.1) is 13.5 Å². The molecule has 0 radical (unpaired) electrons. The van der Waals surface area contributed by atoms with Crippen LogP contribution in [0.3, 0.4) is 0 Å². The van der Waals surface area contributed by atoms with Gasteiger partial charge < -0.3 is 9.64 Å². The number of aromatic nitrogens is 2. The smallest absolute Gasteiger partial charge is 0.305 e. The highest BCUT2D eigenvalue weighted by molar-refractivity contribution is 6.30. The van der Waals surface area contributed by atoms with Gasteiger partial charge in [0, 0.05) is 36.8 Å². The summed E-state index contributed by atoms with van der Waals surface area (Å²) >= 11 is 6.08. The number of rotatable bonds is 4. The van der Waals surface area contributed by atoms with Crippen LogP contribution >= 0.6 is 11.6 Å². The minimum Gasteiger partial charge on any atom is -0.469 e. The lowest BCUT2D eigenvalue weighted by Crippen LogP contribution is -2.48. The molecule has 2 aromatic heterocycles. The van der Waals surface area contributed by atoms with E-state index in [1.165, 1.54) is 12.7 Å². The maximum atomic E-state index is 11.3. The Kier molecular flexibility index (Phi) is 4.39. The van der Waals surface area contributed by atoms with Crippen molar-refractivity contribution in [1.29, 1.82) is 0 Å². The Hall–Kier alpha value is -1.88. The third-order valence-corrected chi connectivity index (χ3v) is 4.52. The van der Waals surface area contributed by atoms with E-state index in [9.17, 15) is 4.79 Å². The van der Waals surface area contributed by atoms with E-state index in [1.54, 1.807) is 6.20 Å². The van der Waals surface area contributed by atoms with Gasteiger partial charge in [-0.15, -0.1) is 0 Å². The summed E-state index contributed by atoms with van der Waals surface area (Å²) in [6.07, 6.45) is 4.17. The molecule has 122 valence electrons. The maximum Gasteiger partial charge on any atom is 0.305 e. The number of carbonyl (C=O) groups excluding carboxylic acids is 1. The van der Waals surface area contributed by atoms with Crippen LogP contribution in [0.15, 0.2) is 18.5 Å².